The number of fused-ring (bicyclic) bond motifs is 1. The standard InChI is InChI=1S/C19H24N2O3/c1-13-9-17(22)20-18-21(13)11-16(24-18)12-23-15-7-5-14(6-8-15)10-19(2,3)4/h5-9,16H,10-12H2,1-4H3. The minimum atomic E-state index is -0.269. The van der Waals surface area contributed by atoms with E-state index in [1.807, 2.05) is 23.6 Å². The van der Waals surface area contributed by atoms with Crippen molar-refractivity contribution < 1.29 is 9.47 Å². The van der Waals surface area contributed by atoms with Crippen molar-refractivity contribution in [2.24, 2.45) is 5.41 Å². The van der Waals surface area contributed by atoms with Crippen molar-refractivity contribution in [2.45, 2.75) is 46.8 Å². The van der Waals surface area contributed by atoms with E-state index in [4.69, 9.17) is 9.47 Å². The summed E-state index contributed by atoms with van der Waals surface area (Å²) >= 11 is 0. The molecule has 3 rings (SSSR count). The van der Waals surface area contributed by atoms with Crippen LogP contribution in [0.3, 0.4) is 0 Å². The number of rotatable bonds is 4. The molecule has 0 amide bonds. The fourth-order valence-electron chi connectivity index (χ4n) is 2.89. The van der Waals surface area contributed by atoms with Gasteiger partial charge in [-0.3, -0.25) is 9.36 Å². The zero-order valence-corrected chi connectivity index (χ0v) is 14.7. The molecule has 24 heavy (non-hydrogen) atoms. The van der Waals surface area contributed by atoms with E-state index in [-0.39, 0.29) is 17.1 Å². The van der Waals surface area contributed by atoms with Gasteiger partial charge >= 0.3 is 0 Å². The van der Waals surface area contributed by atoms with E-state index in [0.29, 0.717) is 19.2 Å². The molecule has 1 aromatic carbocycles. The molecule has 0 spiro atoms. The van der Waals surface area contributed by atoms with Gasteiger partial charge in [0.1, 0.15) is 12.4 Å². The highest BCUT2D eigenvalue weighted by Gasteiger charge is 2.25. The lowest BCUT2D eigenvalue weighted by atomic mass is 9.88. The van der Waals surface area contributed by atoms with E-state index < -0.39 is 0 Å². The first kappa shape index (κ1) is 16.6. The topological polar surface area (TPSA) is 53.4 Å². The Morgan fingerprint density at radius 3 is 2.67 bits per heavy atom. The molecule has 1 atom stereocenters. The third-order valence-electron chi connectivity index (χ3n) is 3.95. The maximum Gasteiger partial charge on any atom is 0.300 e. The smallest absolute Gasteiger partial charge is 0.300 e. The van der Waals surface area contributed by atoms with Gasteiger partial charge in [-0.15, -0.1) is 0 Å². The molecule has 0 aliphatic carbocycles. The molecule has 0 fully saturated rings. The van der Waals surface area contributed by atoms with Gasteiger partial charge in [0.2, 0.25) is 0 Å². The highest BCUT2D eigenvalue weighted by Crippen LogP contribution is 2.23. The molecule has 5 nitrogen and oxygen atoms in total. The molecule has 1 aromatic heterocycles. The Labute approximate surface area is 142 Å². The molecule has 0 N–H and O–H groups in total. The zero-order valence-electron chi connectivity index (χ0n) is 14.7. The van der Waals surface area contributed by atoms with Gasteiger partial charge in [0.05, 0.1) is 6.54 Å². The summed E-state index contributed by atoms with van der Waals surface area (Å²) in [6.07, 6.45) is 0.903. The van der Waals surface area contributed by atoms with Gasteiger partial charge in [0.25, 0.3) is 11.6 Å². The van der Waals surface area contributed by atoms with Crippen LogP contribution in [0.1, 0.15) is 32.0 Å². The summed E-state index contributed by atoms with van der Waals surface area (Å²) in [6.45, 7) is 9.65. The predicted molar refractivity (Wildman–Crippen MR) is 92.7 cm³/mol. The number of benzene rings is 1. The van der Waals surface area contributed by atoms with Gasteiger partial charge in [-0.05, 0) is 36.5 Å². The number of aryl methyl sites for hydroxylation is 1. The van der Waals surface area contributed by atoms with Crippen LogP contribution in [-0.4, -0.2) is 22.3 Å². The third-order valence-corrected chi connectivity index (χ3v) is 3.95. The molecular formula is C19H24N2O3. The van der Waals surface area contributed by atoms with Gasteiger partial charge < -0.3 is 9.47 Å². The molecule has 1 aliphatic rings. The minimum Gasteiger partial charge on any atom is -0.490 e. The summed E-state index contributed by atoms with van der Waals surface area (Å²) in [7, 11) is 0. The SMILES string of the molecule is Cc1cc(=O)nc2n1CC(COc1ccc(CC(C)(C)C)cc1)O2. The van der Waals surface area contributed by atoms with E-state index in [9.17, 15) is 4.79 Å². The van der Waals surface area contributed by atoms with Crippen LogP contribution in [-0.2, 0) is 13.0 Å². The van der Waals surface area contributed by atoms with Crippen LogP contribution in [0.15, 0.2) is 35.1 Å². The van der Waals surface area contributed by atoms with Crippen molar-refractivity contribution >= 4 is 0 Å². The molecule has 2 aromatic rings. The first-order valence-corrected chi connectivity index (χ1v) is 8.27. The second-order valence-electron chi connectivity index (χ2n) is 7.56. The van der Waals surface area contributed by atoms with Crippen LogP contribution in [0.2, 0.25) is 0 Å². The third kappa shape index (κ3) is 3.96. The summed E-state index contributed by atoms with van der Waals surface area (Å²) in [4.78, 5) is 15.3. The predicted octanol–water partition coefficient (Wildman–Crippen LogP) is 2.98. The van der Waals surface area contributed by atoms with Gasteiger partial charge in [-0.1, -0.05) is 32.9 Å². The van der Waals surface area contributed by atoms with Crippen molar-refractivity contribution in [1.29, 1.82) is 0 Å². The number of aromatic nitrogens is 2. The summed E-state index contributed by atoms with van der Waals surface area (Å²) in [5.41, 5.74) is 2.17. The summed E-state index contributed by atoms with van der Waals surface area (Å²) in [6, 6.07) is 10.1. The quantitative estimate of drug-likeness (QED) is 0.866. The average molecular weight is 328 g/mol. The van der Waals surface area contributed by atoms with Gasteiger partial charge in [0.15, 0.2) is 6.10 Å². The molecule has 0 bridgehead atoms. The molecule has 0 radical (unpaired) electrons. The van der Waals surface area contributed by atoms with Crippen LogP contribution in [0, 0.1) is 12.3 Å². The fourth-order valence-corrected chi connectivity index (χ4v) is 2.89. The van der Waals surface area contributed by atoms with Crippen LogP contribution < -0.4 is 15.0 Å². The van der Waals surface area contributed by atoms with E-state index in [1.165, 1.54) is 11.6 Å². The molecule has 0 saturated heterocycles. The van der Waals surface area contributed by atoms with E-state index in [2.05, 4.69) is 37.9 Å². The Kier molecular flexibility index (Phi) is 4.35. The first-order valence-electron chi connectivity index (χ1n) is 8.27. The number of nitrogens with zero attached hydrogens (tertiary/aromatic N) is 2. The Bertz CT molecular complexity index is 773. The first-order chi connectivity index (χ1) is 11.3. The molecule has 128 valence electrons. The van der Waals surface area contributed by atoms with Crippen molar-refractivity contribution in [3.05, 3.63) is 51.9 Å². The van der Waals surface area contributed by atoms with Crippen molar-refractivity contribution in [3.8, 4) is 11.8 Å². The second kappa shape index (κ2) is 6.30. The highest BCUT2D eigenvalue weighted by atomic mass is 16.6. The maximum atomic E-state index is 11.4. The summed E-state index contributed by atoms with van der Waals surface area (Å²) < 4.78 is 13.4. The van der Waals surface area contributed by atoms with Gasteiger partial charge in [0, 0.05) is 11.8 Å². The normalized spacial score (nSPS) is 16.6. The average Bonchev–Trinajstić information content (AvgIpc) is 2.88. The van der Waals surface area contributed by atoms with Gasteiger partial charge in [-0.2, -0.15) is 4.98 Å². The lowest BCUT2D eigenvalue weighted by Gasteiger charge is -2.18. The van der Waals surface area contributed by atoms with E-state index in [0.717, 1.165) is 17.9 Å². The van der Waals surface area contributed by atoms with Gasteiger partial charge in [-0.25, -0.2) is 0 Å². The van der Waals surface area contributed by atoms with Crippen LogP contribution in [0.25, 0.3) is 0 Å². The monoisotopic (exact) mass is 328 g/mol. The molecular weight excluding hydrogens is 304 g/mol. The van der Waals surface area contributed by atoms with Crippen LogP contribution in [0.4, 0.5) is 0 Å². The Morgan fingerprint density at radius 1 is 1.29 bits per heavy atom. The summed E-state index contributed by atoms with van der Waals surface area (Å²) in [5.74, 6) is 0.825. The Morgan fingerprint density at radius 2 is 2.00 bits per heavy atom. The van der Waals surface area contributed by atoms with Crippen LogP contribution >= 0.6 is 0 Å². The Hall–Kier alpha value is -2.30. The van der Waals surface area contributed by atoms with Crippen molar-refractivity contribution in [1.82, 2.24) is 9.55 Å². The van der Waals surface area contributed by atoms with E-state index in [1.54, 1.807) is 0 Å². The molecule has 5 heteroatoms. The highest BCUT2D eigenvalue weighted by molar-refractivity contribution is 5.28. The Balaban J connectivity index is 1.57. The lowest BCUT2D eigenvalue weighted by Crippen LogP contribution is -2.23. The van der Waals surface area contributed by atoms with Crippen LogP contribution in [0.5, 0.6) is 11.8 Å². The minimum absolute atomic E-state index is 0.132. The second-order valence-corrected chi connectivity index (χ2v) is 7.56. The lowest BCUT2D eigenvalue weighted by molar-refractivity contribution is 0.143. The van der Waals surface area contributed by atoms with E-state index >= 15 is 0 Å². The number of hydrogen-bond donors (Lipinski definition) is 0. The summed E-state index contributed by atoms with van der Waals surface area (Å²) in [5, 5.41) is 0. The molecule has 1 aliphatic heterocycles. The number of hydrogen-bond acceptors (Lipinski definition) is 4. The fraction of sp³-hybridized carbons (Fsp3) is 0.474. The maximum absolute atomic E-state index is 11.4. The van der Waals surface area contributed by atoms with Crippen molar-refractivity contribution in [3.63, 3.8) is 0 Å². The molecule has 2 heterocycles. The molecule has 0 saturated carbocycles. The largest absolute Gasteiger partial charge is 0.490 e. The molecule has 1 unspecified atom stereocenters. The zero-order chi connectivity index (χ0) is 17.3. The van der Waals surface area contributed by atoms with Crippen molar-refractivity contribution in [2.75, 3.05) is 6.61 Å². The number of ether oxygens (including phenoxy) is 2.